The predicted molar refractivity (Wildman–Crippen MR) is 58.0 cm³/mol. The molecule has 0 saturated heterocycles. The largest absolute Gasteiger partial charge is 0.417 e. The molecule has 16 heavy (non-hydrogen) atoms. The molecule has 1 radical (unpaired) electrons. The van der Waals surface area contributed by atoms with E-state index >= 15 is 0 Å². The second-order valence-electron chi connectivity index (χ2n) is 3.57. The average Bonchev–Trinajstić information content (AvgIpc) is 2.26. The smallest absolute Gasteiger partial charge is 0.166 e. The Bertz CT molecular complexity index is 512. The fraction of sp³-hybridized carbons (Fsp3) is 0.154. The zero-order valence-corrected chi connectivity index (χ0v) is 8.51. The zero-order chi connectivity index (χ0) is 11.8. The molecule has 2 aromatic rings. The molecule has 0 aromatic heterocycles. The summed E-state index contributed by atoms with van der Waals surface area (Å²) in [6, 6.07) is 9.18. The number of fused-ring (bicyclic) bond motifs is 1. The van der Waals surface area contributed by atoms with Crippen LogP contribution in [0.3, 0.4) is 0 Å². The van der Waals surface area contributed by atoms with Crippen LogP contribution >= 0.6 is 0 Å². The van der Waals surface area contributed by atoms with E-state index in [1.807, 2.05) is 0 Å². The van der Waals surface area contributed by atoms with Gasteiger partial charge in [-0.2, -0.15) is 13.2 Å². The van der Waals surface area contributed by atoms with Gasteiger partial charge in [-0.1, -0.05) is 30.3 Å². The Morgan fingerprint density at radius 2 is 1.56 bits per heavy atom. The second kappa shape index (κ2) is 3.81. The van der Waals surface area contributed by atoms with E-state index in [1.54, 1.807) is 18.2 Å². The molecule has 83 valence electrons. The van der Waals surface area contributed by atoms with Crippen LogP contribution in [0.25, 0.3) is 10.8 Å². The topological polar surface area (TPSA) is 0 Å². The lowest BCUT2D eigenvalue weighted by Gasteiger charge is -2.12. The summed E-state index contributed by atoms with van der Waals surface area (Å²) < 4.78 is 38.2. The molecule has 0 atom stereocenters. The molecule has 3 heteroatoms. The van der Waals surface area contributed by atoms with Crippen molar-refractivity contribution in [3.05, 3.63) is 54.4 Å². The monoisotopic (exact) mass is 223 g/mol. The average molecular weight is 223 g/mol. The van der Waals surface area contributed by atoms with Gasteiger partial charge >= 0.3 is 6.18 Å². The van der Waals surface area contributed by atoms with Gasteiger partial charge in [0.1, 0.15) is 0 Å². The van der Waals surface area contributed by atoms with Gasteiger partial charge in [-0.05, 0) is 35.7 Å². The molecule has 0 nitrogen and oxygen atoms in total. The lowest BCUT2D eigenvalue weighted by atomic mass is 9.98. The van der Waals surface area contributed by atoms with Gasteiger partial charge in [0, 0.05) is 0 Å². The van der Waals surface area contributed by atoms with Gasteiger partial charge in [-0.3, -0.25) is 0 Å². The highest BCUT2D eigenvalue weighted by atomic mass is 19.4. The third-order valence-electron chi connectivity index (χ3n) is 2.59. The molecule has 0 heterocycles. The first-order valence-corrected chi connectivity index (χ1v) is 4.91. The first kappa shape index (κ1) is 11.0. The third-order valence-corrected chi connectivity index (χ3v) is 2.59. The fourth-order valence-corrected chi connectivity index (χ4v) is 1.83. The Kier molecular flexibility index (Phi) is 2.62. The maximum absolute atomic E-state index is 12.7. The molecule has 0 aliphatic rings. The van der Waals surface area contributed by atoms with Gasteiger partial charge in [-0.15, -0.1) is 0 Å². The van der Waals surface area contributed by atoms with E-state index in [9.17, 15) is 13.2 Å². The molecule has 0 N–H and O–H groups in total. The standard InChI is InChI=1S/C13H10F3/c1-2-9-7-8-12(13(14,15)16)11-6-4-3-5-10(9)11/h3-8H,1-2H2. The van der Waals surface area contributed by atoms with Crippen LogP contribution in [-0.2, 0) is 12.6 Å². The SMILES string of the molecule is [CH2]Cc1ccc(C(F)(F)F)c2ccccc12. The van der Waals surface area contributed by atoms with Gasteiger partial charge < -0.3 is 0 Å². The van der Waals surface area contributed by atoms with Gasteiger partial charge in [0.2, 0.25) is 0 Å². The van der Waals surface area contributed by atoms with Gasteiger partial charge in [0.05, 0.1) is 5.56 Å². The van der Waals surface area contributed by atoms with Crippen LogP contribution in [0.5, 0.6) is 0 Å². The van der Waals surface area contributed by atoms with Gasteiger partial charge in [-0.25, -0.2) is 0 Å². The minimum atomic E-state index is -4.31. The maximum atomic E-state index is 12.7. The van der Waals surface area contributed by atoms with E-state index in [0.717, 1.165) is 11.6 Å². The molecular weight excluding hydrogens is 213 g/mol. The van der Waals surface area contributed by atoms with Crippen molar-refractivity contribution in [2.24, 2.45) is 0 Å². The minimum absolute atomic E-state index is 0.246. The van der Waals surface area contributed by atoms with Crippen molar-refractivity contribution in [2.75, 3.05) is 0 Å². The molecule has 0 bridgehead atoms. The first-order chi connectivity index (χ1) is 7.54. The minimum Gasteiger partial charge on any atom is -0.166 e. The van der Waals surface area contributed by atoms with Crippen molar-refractivity contribution >= 4 is 10.8 Å². The highest BCUT2D eigenvalue weighted by molar-refractivity contribution is 5.89. The molecule has 0 amide bonds. The molecule has 0 saturated carbocycles. The van der Waals surface area contributed by atoms with Crippen LogP contribution in [0.15, 0.2) is 36.4 Å². The summed E-state index contributed by atoms with van der Waals surface area (Å²) in [7, 11) is 0. The number of rotatable bonds is 1. The molecule has 0 fully saturated rings. The molecule has 0 aliphatic heterocycles. The summed E-state index contributed by atoms with van der Waals surface area (Å²) in [4.78, 5) is 0. The van der Waals surface area contributed by atoms with Gasteiger partial charge in [0.15, 0.2) is 0 Å². The predicted octanol–water partition coefficient (Wildman–Crippen LogP) is 4.24. The number of hydrogen-bond donors (Lipinski definition) is 0. The van der Waals surface area contributed by atoms with Crippen molar-refractivity contribution in [3.63, 3.8) is 0 Å². The van der Waals surface area contributed by atoms with Crippen LogP contribution in [-0.4, -0.2) is 0 Å². The second-order valence-corrected chi connectivity index (χ2v) is 3.57. The summed E-state index contributed by atoms with van der Waals surface area (Å²) in [5.41, 5.74) is 0.254. The fourth-order valence-electron chi connectivity index (χ4n) is 1.83. The number of hydrogen-bond acceptors (Lipinski definition) is 0. The Morgan fingerprint density at radius 3 is 2.12 bits per heavy atom. The third kappa shape index (κ3) is 1.77. The van der Waals surface area contributed by atoms with Crippen LogP contribution in [0.4, 0.5) is 13.2 Å². The van der Waals surface area contributed by atoms with E-state index in [0.29, 0.717) is 11.8 Å². The summed E-state index contributed by atoms with van der Waals surface area (Å²) in [6.45, 7) is 3.72. The summed E-state index contributed by atoms with van der Waals surface area (Å²) >= 11 is 0. The number of halogens is 3. The van der Waals surface area contributed by atoms with E-state index in [1.165, 1.54) is 12.1 Å². The lowest BCUT2D eigenvalue weighted by Crippen LogP contribution is -2.06. The molecule has 0 spiro atoms. The van der Waals surface area contributed by atoms with E-state index in [4.69, 9.17) is 0 Å². The Labute approximate surface area is 91.7 Å². The summed E-state index contributed by atoms with van der Waals surface area (Å²) in [5, 5.41) is 0.878. The zero-order valence-electron chi connectivity index (χ0n) is 8.51. The molecule has 0 unspecified atom stereocenters. The van der Waals surface area contributed by atoms with E-state index in [2.05, 4.69) is 6.92 Å². The molecule has 2 rings (SSSR count). The van der Waals surface area contributed by atoms with Crippen LogP contribution < -0.4 is 0 Å². The van der Waals surface area contributed by atoms with Crippen molar-refractivity contribution in [1.29, 1.82) is 0 Å². The van der Waals surface area contributed by atoms with Crippen LogP contribution in [0.2, 0.25) is 0 Å². The Morgan fingerprint density at radius 1 is 0.938 bits per heavy atom. The first-order valence-electron chi connectivity index (χ1n) is 4.91. The van der Waals surface area contributed by atoms with Crippen molar-refractivity contribution < 1.29 is 13.2 Å². The quantitative estimate of drug-likeness (QED) is 0.678. The summed E-state index contributed by atoms with van der Waals surface area (Å²) in [6.07, 6.45) is -3.82. The molecule has 2 aromatic carbocycles. The Balaban J connectivity index is 2.80. The van der Waals surface area contributed by atoms with Crippen molar-refractivity contribution in [2.45, 2.75) is 12.6 Å². The van der Waals surface area contributed by atoms with E-state index < -0.39 is 11.7 Å². The van der Waals surface area contributed by atoms with E-state index in [-0.39, 0.29) is 5.39 Å². The van der Waals surface area contributed by atoms with Crippen LogP contribution in [0, 0.1) is 6.92 Å². The van der Waals surface area contributed by atoms with Crippen LogP contribution in [0.1, 0.15) is 11.1 Å². The summed E-state index contributed by atoms with van der Waals surface area (Å²) in [5.74, 6) is 0. The lowest BCUT2D eigenvalue weighted by molar-refractivity contribution is -0.136. The Hall–Kier alpha value is -1.51. The number of benzene rings is 2. The van der Waals surface area contributed by atoms with Crippen molar-refractivity contribution in [3.8, 4) is 0 Å². The highest BCUT2D eigenvalue weighted by Gasteiger charge is 2.32. The normalized spacial score (nSPS) is 12.0. The molecular formula is C13H10F3. The highest BCUT2D eigenvalue weighted by Crippen LogP contribution is 2.35. The number of alkyl halides is 3. The van der Waals surface area contributed by atoms with Gasteiger partial charge in [0.25, 0.3) is 0 Å². The maximum Gasteiger partial charge on any atom is 0.417 e. The van der Waals surface area contributed by atoms with Crippen molar-refractivity contribution in [1.82, 2.24) is 0 Å². The molecule has 0 aliphatic carbocycles.